The Balaban J connectivity index is 1.83. The first-order valence-corrected chi connectivity index (χ1v) is 8.74. The van der Waals surface area contributed by atoms with E-state index in [1.54, 1.807) is 55.4 Å². The number of ether oxygens (including phenoxy) is 2. The smallest absolute Gasteiger partial charge is 0.232 e. The van der Waals surface area contributed by atoms with E-state index in [0.717, 1.165) is 11.3 Å². The lowest BCUT2D eigenvalue weighted by atomic mass is 10.0. The van der Waals surface area contributed by atoms with Crippen molar-refractivity contribution in [1.82, 2.24) is 9.78 Å². The Kier molecular flexibility index (Phi) is 5.66. The van der Waals surface area contributed by atoms with Crippen LogP contribution in [0.4, 0.5) is 5.82 Å². The van der Waals surface area contributed by atoms with Crippen molar-refractivity contribution in [2.75, 3.05) is 19.5 Å². The predicted molar refractivity (Wildman–Crippen MR) is 105 cm³/mol. The number of hydrogen-bond acceptors (Lipinski definition) is 4. The Labute approximate surface area is 162 Å². The van der Waals surface area contributed by atoms with Crippen LogP contribution in [0, 0.1) is 0 Å². The van der Waals surface area contributed by atoms with Crippen molar-refractivity contribution in [2.45, 2.75) is 12.8 Å². The predicted octanol–water partition coefficient (Wildman–Crippen LogP) is 4.29. The molecule has 0 aliphatic rings. The first-order valence-electron chi connectivity index (χ1n) is 8.36. The fourth-order valence-corrected chi connectivity index (χ4v) is 2.82. The monoisotopic (exact) mass is 385 g/mol. The van der Waals surface area contributed by atoms with Gasteiger partial charge in [-0.2, -0.15) is 5.10 Å². The molecular formula is C20H20ClN3O3. The largest absolute Gasteiger partial charge is 0.493 e. The number of carbonyl (C=O) groups is 1. The van der Waals surface area contributed by atoms with E-state index in [2.05, 4.69) is 10.4 Å². The fraction of sp³-hybridized carbons (Fsp3) is 0.200. The Hall–Kier alpha value is -2.99. The van der Waals surface area contributed by atoms with Crippen molar-refractivity contribution in [3.8, 4) is 17.2 Å². The van der Waals surface area contributed by atoms with Crippen molar-refractivity contribution in [3.05, 3.63) is 65.3 Å². The third-order valence-electron chi connectivity index (χ3n) is 4.27. The topological polar surface area (TPSA) is 65.4 Å². The van der Waals surface area contributed by atoms with E-state index in [1.165, 1.54) is 0 Å². The maximum Gasteiger partial charge on any atom is 0.232 e. The molecule has 0 fully saturated rings. The van der Waals surface area contributed by atoms with Crippen molar-refractivity contribution in [2.24, 2.45) is 0 Å². The van der Waals surface area contributed by atoms with E-state index in [-0.39, 0.29) is 11.8 Å². The molecule has 3 rings (SSSR count). The van der Waals surface area contributed by atoms with Gasteiger partial charge in [0.2, 0.25) is 5.91 Å². The van der Waals surface area contributed by atoms with Crippen LogP contribution in [0.2, 0.25) is 5.02 Å². The van der Waals surface area contributed by atoms with Gasteiger partial charge in [-0.05, 0) is 36.8 Å². The molecule has 0 saturated heterocycles. The average Bonchev–Trinajstić information content (AvgIpc) is 3.15. The highest BCUT2D eigenvalue weighted by atomic mass is 35.5. The molecule has 0 radical (unpaired) electrons. The van der Waals surface area contributed by atoms with Gasteiger partial charge in [0.25, 0.3) is 0 Å². The summed E-state index contributed by atoms with van der Waals surface area (Å²) in [7, 11) is 3.15. The SMILES string of the molecule is COc1ccc(-n2nccc2NC(=O)C(C)c2ccc(Cl)cc2)cc1OC. The van der Waals surface area contributed by atoms with Gasteiger partial charge in [0.1, 0.15) is 5.82 Å². The molecular weight excluding hydrogens is 366 g/mol. The van der Waals surface area contributed by atoms with Gasteiger partial charge in [0.05, 0.1) is 32.0 Å². The number of aromatic nitrogens is 2. The molecule has 1 heterocycles. The lowest BCUT2D eigenvalue weighted by Gasteiger charge is -2.15. The number of rotatable bonds is 6. The summed E-state index contributed by atoms with van der Waals surface area (Å²) in [5.41, 5.74) is 1.63. The second-order valence-electron chi connectivity index (χ2n) is 5.93. The Morgan fingerprint density at radius 3 is 2.44 bits per heavy atom. The van der Waals surface area contributed by atoms with Crippen LogP contribution < -0.4 is 14.8 Å². The number of carbonyl (C=O) groups excluding carboxylic acids is 1. The number of benzene rings is 2. The molecule has 0 aliphatic carbocycles. The second-order valence-corrected chi connectivity index (χ2v) is 6.37. The van der Waals surface area contributed by atoms with Gasteiger partial charge in [-0.3, -0.25) is 4.79 Å². The Bertz CT molecular complexity index is 938. The Morgan fingerprint density at radius 1 is 1.07 bits per heavy atom. The first-order chi connectivity index (χ1) is 13.0. The molecule has 0 saturated carbocycles. The summed E-state index contributed by atoms with van der Waals surface area (Å²) in [6, 6.07) is 14.4. The van der Waals surface area contributed by atoms with Crippen LogP contribution in [0.15, 0.2) is 54.7 Å². The van der Waals surface area contributed by atoms with Crippen LogP contribution in [0.3, 0.4) is 0 Å². The van der Waals surface area contributed by atoms with Gasteiger partial charge in [-0.25, -0.2) is 4.68 Å². The number of nitrogens with zero attached hydrogens (tertiary/aromatic N) is 2. The third kappa shape index (κ3) is 4.06. The molecule has 7 heteroatoms. The van der Waals surface area contributed by atoms with Crippen LogP contribution in [0.25, 0.3) is 5.69 Å². The molecule has 2 aromatic carbocycles. The highest BCUT2D eigenvalue weighted by molar-refractivity contribution is 6.30. The lowest BCUT2D eigenvalue weighted by molar-refractivity contribution is -0.117. The van der Waals surface area contributed by atoms with Crippen LogP contribution >= 0.6 is 11.6 Å². The maximum absolute atomic E-state index is 12.7. The molecule has 1 aromatic heterocycles. The van der Waals surface area contributed by atoms with E-state index >= 15 is 0 Å². The zero-order chi connectivity index (χ0) is 19.4. The quantitative estimate of drug-likeness (QED) is 0.687. The first kappa shape index (κ1) is 18.8. The molecule has 1 unspecified atom stereocenters. The highest BCUT2D eigenvalue weighted by Crippen LogP contribution is 2.30. The molecule has 0 spiro atoms. The number of nitrogens with one attached hydrogen (secondary N) is 1. The molecule has 3 aromatic rings. The molecule has 6 nitrogen and oxygen atoms in total. The number of anilines is 1. The van der Waals surface area contributed by atoms with Gasteiger partial charge in [0, 0.05) is 17.2 Å². The standard InChI is InChI=1S/C20H20ClN3O3/c1-13(14-4-6-15(21)7-5-14)20(25)23-19-10-11-22-24(19)16-8-9-17(26-2)18(12-16)27-3/h4-13H,1-3H3,(H,23,25). The average molecular weight is 386 g/mol. The summed E-state index contributed by atoms with van der Waals surface area (Å²) in [5.74, 6) is 1.29. The van der Waals surface area contributed by atoms with E-state index in [4.69, 9.17) is 21.1 Å². The minimum absolute atomic E-state index is 0.139. The summed E-state index contributed by atoms with van der Waals surface area (Å²) < 4.78 is 12.2. The van der Waals surface area contributed by atoms with E-state index in [1.807, 2.05) is 25.1 Å². The minimum atomic E-state index is -0.337. The lowest BCUT2D eigenvalue weighted by Crippen LogP contribution is -2.20. The summed E-state index contributed by atoms with van der Waals surface area (Å²) in [4.78, 5) is 12.7. The zero-order valence-corrected chi connectivity index (χ0v) is 16.0. The van der Waals surface area contributed by atoms with Gasteiger partial charge in [-0.15, -0.1) is 0 Å². The van der Waals surface area contributed by atoms with E-state index < -0.39 is 0 Å². The third-order valence-corrected chi connectivity index (χ3v) is 4.52. The van der Waals surface area contributed by atoms with Crippen molar-refractivity contribution < 1.29 is 14.3 Å². The number of hydrogen-bond donors (Lipinski definition) is 1. The number of methoxy groups -OCH3 is 2. The van der Waals surface area contributed by atoms with Crippen molar-refractivity contribution in [1.29, 1.82) is 0 Å². The van der Waals surface area contributed by atoms with E-state index in [0.29, 0.717) is 22.3 Å². The normalized spacial score (nSPS) is 11.7. The minimum Gasteiger partial charge on any atom is -0.493 e. The summed E-state index contributed by atoms with van der Waals surface area (Å²) in [5, 5.41) is 7.86. The molecule has 0 aliphatic heterocycles. The van der Waals surface area contributed by atoms with Crippen LogP contribution in [-0.2, 0) is 4.79 Å². The van der Waals surface area contributed by atoms with Crippen molar-refractivity contribution in [3.63, 3.8) is 0 Å². The fourth-order valence-electron chi connectivity index (χ4n) is 2.70. The molecule has 1 atom stereocenters. The molecule has 1 amide bonds. The van der Waals surface area contributed by atoms with Gasteiger partial charge < -0.3 is 14.8 Å². The highest BCUT2D eigenvalue weighted by Gasteiger charge is 2.18. The van der Waals surface area contributed by atoms with Crippen LogP contribution in [-0.4, -0.2) is 29.9 Å². The van der Waals surface area contributed by atoms with Gasteiger partial charge in [0.15, 0.2) is 11.5 Å². The van der Waals surface area contributed by atoms with Crippen LogP contribution in [0.1, 0.15) is 18.4 Å². The second kappa shape index (κ2) is 8.14. The maximum atomic E-state index is 12.7. The van der Waals surface area contributed by atoms with Gasteiger partial charge >= 0.3 is 0 Å². The van der Waals surface area contributed by atoms with E-state index in [9.17, 15) is 4.79 Å². The van der Waals surface area contributed by atoms with Crippen molar-refractivity contribution >= 4 is 23.3 Å². The molecule has 0 bridgehead atoms. The number of halogens is 1. The molecule has 140 valence electrons. The van der Waals surface area contributed by atoms with Gasteiger partial charge in [-0.1, -0.05) is 23.7 Å². The van der Waals surface area contributed by atoms with Crippen LogP contribution in [0.5, 0.6) is 11.5 Å². The summed E-state index contributed by atoms with van der Waals surface area (Å²) in [6.45, 7) is 1.84. The summed E-state index contributed by atoms with van der Waals surface area (Å²) in [6.07, 6.45) is 1.62. The Morgan fingerprint density at radius 2 is 1.78 bits per heavy atom. The molecule has 1 N–H and O–H groups in total. The zero-order valence-electron chi connectivity index (χ0n) is 15.3. The number of amides is 1. The summed E-state index contributed by atoms with van der Waals surface area (Å²) >= 11 is 5.91. The molecule has 27 heavy (non-hydrogen) atoms.